The highest BCUT2D eigenvalue weighted by Crippen LogP contribution is 2.22. The molecule has 21 heavy (non-hydrogen) atoms. The van der Waals surface area contributed by atoms with E-state index in [1.807, 2.05) is 25.5 Å². The normalized spacial score (nSPS) is 12.4. The number of amides is 1. The van der Waals surface area contributed by atoms with Crippen LogP contribution in [-0.2, 0) is 11.2 Å². The van der Waals surface area contributed by atoms with E-state index in [0.717, 1.165) is 0 Å². The van der Waals surface area contributed by atoms with E-state index in [1.54, 1.807) is 23.5 Å². The van der Waals surface area contributed by atoms with Gasteiger partial charge in [-0.05, 0) is 43.2 Å². The molecule has 0 saturated carbocycles. The summed E-state index contributed by atoms with van der Waals surface area (Å²) in [5.41, 5.74) is 0.685. The molecule has 5 heteroatoms. The molecule has 1 N–H and O–H groups in total. The second-order valence-corrected chi connectivity index (χ2v) is 6.08. The Morgan fingerprint density at radius 3 is 2.76 bits per heavy atom. The molecule has 1 heterocycles. The lowest BCUT2D eigenvalue weighted by Crippen LogP contribution is -2.34. The van der Waals surface area contributed by atoms with Gasteiger partial charge in [0.1, 0.15) is 5.82 Å². The van der Waals surface area contributed by atoms with Gasteiger partial charge in [0.15, 0.2) is 0 Å². The molecule has 1 aromatic heterocycles. The van der Waals surface area contributed by atoms with Gasteiger partial charge in [-0.25, -0.2) is 4.39 Å². The average Bonchev–Trinajstić information content (AvgIpc) is 2.92. The number of benzene rings is 1. The molecule has 0 aliphatic heterocycles. The highest BCUT2D eigenvalue weighted by molar-refractivity contribution is 7.10. The van der Waals surface area contributed by atoms with Crippen LogP contribution in [-0.4, -0.2) is 31.4 Å². The van der Waals surface area contributed by atoms with Gasteiger partial charge in [-0.2, -0.15) is 0 Å². The summed E-state index contributed by atoms with van der Waals surface area (Å²) in [5, 5.41) is 4.95. The van der Waals surface area contributed by atoms with Crippen molar-refractivity contribution in [2.75, 3.05) is 20.6 Å². The topological polar surface area (TPSA) is 32.3 Å². The Hall–Kier alpha value is -1.72. The second kappa shape index (κ2) is 7.33. The van der Waals surface area contributed by atoms with E-state index < -0.39 is 0 Å². The van der Waals surface area contributed by atoms with Gasteiger partial charge >= 0.3 is 0 Å². The number of nitrogens with one attached hydrogen (secondary N) is 1. The molecule has 2 rings (SSSR count). The van der Waals surface area contributed by atoms with Crippen molar-refractivity contribution in [2.45, 2.75) is 12.5 Å². The van der Waals surface area contributed by atoms with E-state index >= 15 is 0 Å². The highest BCUT2D eigenvalue weighted by atomic mass is 32.1. The van der Waals surface area contributed by atoms with Gasteiger partial charge in [-0.1, -0.05) is 18.2 Å². The van der Waals surface area contributed by atoms with Gasteiger partial charge in [0, 0.05) is 11.4 Å². The van der Waals surface area contributed by atoms with Gasteiger partial charge in [-0.3, -0.25) is 4.79 Å². The molecule has 0 saturated heterocycles. The first-order valence-corrected chi connectivity index (χ1v) is 7.65. The summed E-state index contributed by atoms with van der Waals surface area (Å²) in [6.07, 6.45) is 0.197. The van der Waals surface area contributed by atoms with Crippen LogP contribution in [0.15, 0.2) is 41.8 Å². The molecule has 0 spiro atoms. The zero-order valence-corrected chi connectivity index (χ0v) is 13.0. The summed E-state index contributed by atoms with van der Waals surface area (Å²) in [4.78, 5) is 15.3. The fourth-order valence-electron chi connectivity index (χ4n) is 2.12. The minimum Gasteiger partial charge on any atom is -0.354 e. The van der Waals surface area contributed by atoms with E-state index in [9.17, 15) is 9.18 Å². The summed E-state index contributed by atoms with van der Waals surface area (Å²) in [7, 11) is 3.98. The summed E-state index contributed by atoms with van der Waals surface area (Å²) in [6.45, 7) is 0.543. The van der Waals surface area contributed by atoms with Crippen LogP contribution in [0.25, 0.3) is 0 Å². The van der Waals surface area contributed by atoms with E-state index in [0.29, 0.717) is 12.1 Å². The van der Waals surface area contributed by atoms with Crippen molar-refractivity contribution in [2.24, 2.45) is 0 Å². The third kappa shape index (κ3) is 4.65. The van der Waals surface area contributed by atoms with E-state index in [1.165, 1.54) is 17.0 Å². The first kappa shape index (κ1) is 15.7. The van der Waals surface area contributed by atoms with E-state index in [-0.39, 0.29) is 24.2 Å². The zero-order chi connectivity index (χ0) is 15.2. The highest BCUT2D eigenvalue weighted by Gasteiger charge is 2.16. The Kier molecular flexibility index (Phi) is 5.47. The molecule has 1 unspecified atom stereocenters. The first-order valence-electron chi connectivity index (χ1n) is 6.77. The molecule has 1 aromatic carbocycles. The summed E-state index contributed by atoms with van der Waals surface area (Å²) >= 11 is 1.67. The summed E-state index contributed by atoms with van der Waals surface area (Å²) < 4.78 is 13.1. The van der Waals surface area contributed by atoms with Crippen molar-refractivity contribution in [3.05, 3.63) is 58.0 Å². The van der Waals surface area contributed by atoms with E-state index in [4.69, 9.17) is 0 Å². The second-order valence-electron chi connectivity index (χ2n) is 5.11. The Morgan fingerprint density at radius 2 is 2.14 bits per heavy atom. The van der Waals surface area contributed by atoms with Crippen LogP contribution in [0, 0.1) is 5.82 Å². The summed E-state index contributed by atoms with van der Waals surface area (Å²) in [6, 6.07) is 10.4. The number of thiophene rings is 1. The molecule has 0 aliphatic carbocycles. The maximum atomic E-state index is 13.1. The van der Waals surface area contributed by atoms with Gasteiger partial charge < -0.3 is 10.2 Å². The maximum Gasteiger partial charge on any atom is 0.224 e. The minimum absolute atomic E-state index is 0.0935. The minimum atomic E-state index is -0.315. The lowest BCUT2D eigenvalue weighted by atomic mass is 10.1. The van der Waals surface area contributed by atoms with E-state index in [2.05, 4.69) is 16.3 Å². The quantitative estimate of drug-likeness (QED) is 0.890. The first-order chi connectivity index (χ1) is 10.1. The van der Waals surface area contributed by atoms with Crippen molar-refractivity contribution in [3.63, 3.8) is 0 Å². The Morgan fingerprint density at radius 1 is 1.33 bits per heavy atom. The van der Waals surface area contributed by atoms with Gasteiger partial charge in [-0.15, -0.1) is 11.3 Å². The van der Waals surface area contributed by atoms with Crippen LogP contribution in [0.4, 0.5) is 4.39 Å². The lowest BCUT2D eigenvalue weighted by Gasteiger charge is -2.23. The van der Waals surface area contributed by atoms with Crippen LogP contribution in [0.3, 0.4) is 0 Å². The largest absolute Gasteiger partial charge is 0.354 e. The van der Waals surface area contributed by atoms with Crippen molar-refractivity contribution < 1.29 is 9.18 Å². The van der Waals surface area contributed by atoms with Gasteiger partial charge in [0.05, 0.1) is 12.5 Å². The average molecular weight is 306 g/mol. The molecule has 3 nitrogen and oxygen atoms in total. The molecular formula is C16H19FN2OS. The third-order valence-corrected chi connectivity index (χ3v) is 4.21. The molecule has 112 valence electrons. The van der Waals surface area contributed by atoms with Crippen LogP contribution < -0.4 is 5.32 Å². The van der Waals surface area contributed by atoms with Crippen LogP contribution in [0.1, 0.15) is 16.5 Å². The Labute approximate surface area is 128 Å². The van der Waals surface area contributed by atoms with Crippen molar-refractivity contribution in [1.29, 1.82) is 0 Å². The van der Waals surface area contributed by atoms with Gasteiger partial charge in [0.2, 0.25) is 5.91 Å². The number of halogens is 1. The number of likely N-dealkylation sites (N-methyl/N-ethyl adjacent to an activating group) is 1. The number of hydrogen-bond donors (Lipinski definition) is 1. The van der Waals surface area contributed by atoms with Gasteiger partial charge in [0.25, 0.3) is 0 Å². The predicted molar refractivity (Wildman–Crippen MR) is 83.9 cm³/mol. The maximum absolute atomic E-state index is 13.1. The van der Waals surface area contributed by atoms with Crippen LogP contribution >= 0.6 is 11.3 Å². The molecule has 2 aromatic rings. The number of carbonyl (C=O) groups excluding carboxylic acids is 1. The van der Waals surface area contributed by atoms with Crippen molar-refractivity contribution in [3.8, 4) is 0 Å². The third-order valence-electron chi connectivity index (χ3n) is 3.24. The zero-order valence-electron chi connectivity index (χ0n) is 12.2. The molecular weight excluding hydrogens is 287 g/mol. The van der Waals surface area contributed by atoms with Crippen LogP contribution in [0.5, 0.6) is 0 Å². The monoisotopic (exact) mass is 306 g/mol. The number of carbonyl (C=O) groups is 1. The molecule has 0 radical (unpaired) electrons. The molecule has 1 amide bonds. The SMILES string of the molecule is CN(C)C(CNC(=O)Cc1cccc(F)c1)c1cccs1. The van der Waals surface area contributed by atoms with Crippen molar-refractivity contribution >= 4 is 17.2 Å². The fourth-order valence-corrected chi connectivity index (χ4v) is 3.05. The standard InChI is InChI=1S/C16H19FN2OS/c1-19(2)14(15-7-4-8-21-15)11-18-16(20)10-12-5-3-6-13(17)9-12/h3-9,14H,10-11H2,1-2H3,(H,18,20). The molecule has 1 atom stereocenters. The summed E-state index contributed by atoms with van der Waals surface area (Å²) in [5.74, 6) is -0.408. The van der Waals surface area contributed by atoms with Crippen molar-refractivity contribution in [1.82, 2.24) is 10.2 Å². The molecule has 0 bridgehead atoms. The molecule has 0 aliphatic rings. The Balaban J connectivity index is 1.90. The predicted octanol–water partition coefficient (Wildman–Crippen LogP) is 2.85. The fraction of sp³-hybridized carbons (Fsp3) is 0.312. The Bertz CT molecular complexity index is 584. The van der Waals surface area contributed by atoms with Crippen LogP contribution in [0.2, 0.25) is 0 Å². The molecule has 0 fully saturated rings. The number of rotatable bonds is 6. The number of nitrogens with zero attached hydrogens (tertiary/aromatic N) is 1. The number of hydrogen-bond acceptors (Lipinski definition) is 3. The lowest BCUT2D eigenvalue weighted by molar-refractivity contribution is -0.120. The smallest absolute Gasteiger partial charge is 0.224 e.